The third-order valence-electron chi connectivity index (χ3n) is 6.29. The fourth-order valence-corrected chi connectivity index (χ4v) is 5.69. The number of halogens is 1. The van der Waals surface area contributed by atoms with Gasteiger partial charge in [-0.05, 0) is 55.4 Å². The van der Waals surface area contributed by atoms with Crippen molar-refractivity contribution in [3.63, 3.8) is 0 Å². The third kappa shape index (κ3) is 4.37. The number of esters is 1. The van der Waals surface area contributed by atoms with Gasteiger partial charge in [-0.15, -0.1) is 11.3 Å². The lowest BCUT2D eigenvalue weighted by molar-refractivity contribution is 0.0603. The van der Waals surface area contributed by atoms with Gasteiger partial charge in [-0.1, -0.05) is 53.2 Å². The second-order valence-corrected chi connectivity index (χ2v) is 9.72. The Labute approximate surface area is 211 Å². The molecular weight excluding hydrogens is 484 g/mol. The SMILES string of the molecule is COC(=O)c1c(-c2ccc3c(c2)CCCC3)csc1NC(=O)c1c(-c2ccccc2Cl)noc1C. The van der Waals surface area contributed by atoms with E-state index in [4.69, 9.17) is 20.9 Å². The molecule has 0 fully saturated rings. The number of carbonyl (C=O) groups is 2. The quantitative estimate of drug-likeness (QED) is 0.296. The van der Waals surface area contributed by atoms with E-state index in [1.807, 2.05) is 17.5 Å². The van der Waals surface area contributed by atoms with Gasteiger partial charge in [-0.25, -0.2) is 4.79 Å². The molecule has 6 nitrogen and oxygen atoms in total. The lowest BCUT2D eigenvalue weighted by Crippen LogP contribution is -2.15. The number of hydrogen-bond donors (Lipinski definition) is 1. The molecule has 0 radical (unpaired) electrons. The highest BCUT2D eigenvalue weighted by Gasteiger charge is 2.27. The Hall–Kier alpha value is -3.42. The van der Waals surface area contributed by atoms with Gasteiger partial charge in [0.2, 0.25) is 0 Å². The molecule has 178 valence electrons. The Balaban J connectivity index is 1.52. The fourth-order valence-electron chi connectivity index (χ4n) is 4.51. The number of methoxy groups -OCH3 is 1. The minimum absolute atomic E-state index is 0.262. The Morgan fingerprint density at radius 1 is 1.06 bits per heavy atom. The number of nitrogens with one attached hydrogen (secondary N) is 1. The molecule has 2 heterocycles. The highest BCUT2D eigenvalue weighted by Crippen LogP contribution is 2.39. The highest BCUT2D eigenvalue weighted by atomic mass is 35.5. The second kappa shape index (κ2) is 9.68. The van der Waals surface area contributed by atoms with Crippen molar-refractivity contribution in [2.45, 2.75) is 32.6 Å². The number of aryl methyl sites for hydroxylation is 3. The number of ether oxygens (including phenoxy) is 1. The Kier molecular flexibility index (Phi) is 6.45. The van der Waals surface area contributed by atoms with Gasteiger partial charge in [0.25, 0.3) is 5.91 Å². The lowest BCUT2D eigenvalue weighted by Gasteiger charge is -2.16. The number of anilines is 1. The van der Waals surface area contributed by atoms with Gasteiger partial charge in [0.15, 0.2) is 0 Å². The number of hydrogen-bond acceptors (Lipinski definition) is 6. The first-order chi connectivity index (χ1) is 17.0. The molecule has 0 spiro atoms. The van der Waals surface area contributed by atoms with Crippen LogP contribution in [0.15, 0.2) is 52.4 Å². The summed E-state index contributed by atoms with van der Waals surface area (Å²) in [4.78, 5) is 26.2. The van der Waals surface area contributed by atoms with E-state index in [2.05, 4.69) is 22.6 Å². The smallest absolute Gasteiger partial charge is 0.341 e. The average Bonchev–Trinajstić information content (AvgIpc) is 3.47. The monoisotopic (exact) mass is 506 g/mol. The van der Waals surface area contributed by atoms with Crippen molar-refractivity contribution in [2.24, 2.45) is 0 Å². The Morgan fingerprint density at radius 2 is 1.83 bits per heavy atom. The zero-order valence-corrected chi connectivity index (χ0v) is 20.9. The Bertz CT molecular complexity index is 1440. The Morgan fingerprint density at radius 3 is 2.60 bits per heavy atom. The molecule has 0 saturated heterocycles. The van der Waals surface area contributed by atoms with Crippen LogP contribution in [0.4, 0.5) is 5.00 Å². The molecule has 4 aromatic rings. The van der Waals surface area contributed by atoms with Crippen LogP contribution in [0.25, 0.3) is 22.4 Å². The zero-order valence-electron chi connectivity index (χ0n) is 19.3. The van der Waals surface area contributed by atoms with Gasteiger partial charge in [0.05, 0.1) is 12.1 Å². The summed E-state index contributed by atoms with van der Waals surface area (Å²) in [5, 5.41) is 9.69. The maximum absolute atomic E-state index is 13.4. The van der Waals surface area contributed by atoms with Crippen LogP contribution in [0, 0.1) is 6.92 Å². The maximum Gasteiger partial charge on any atom is 0.341 e. The van der Waals surface area contributed by atoms with Crippen molar-refractivity contribution in [2.75, 3.05) is 12.4 Å². The van der Waals surface area contributed by atoms with E-state index in [1.165, 1.54) is 36.0 Å². The number of rotatable bonds is 5. The van der Waals surface area contributed by atoms with Crippen LogP contribution in [0.1, 0.15) is 50.4 Å². The van der Waals surface area contributed by atoms with Crippen molar-refractivity contribution in [3.8, 4) is 22.4 Å². The van der Waals surface area contributed by atoms with E-state index >= 15 is 0 Å². The van der Waals surface area contributed by atoms with Crippen LogP contribution < -0.4 is 5.32 Å². The van der Waals surface area contributed by atoms with Crippen molar-refractivity contribution < 1.29 is 18.8 Å². The minimum atomic E-state index is -0.511. The van der Waals surface area contributed by atoms with Crippen LogP contribution in [0.5, 0.6) is 0 Å². The highest BCUT2D eigenvalue weighted by molar-refractivity contribution is 7.15. The van der Waals surface area contributed by atoms with E-state index in [0.717, 1.165) is 30.4 Å². The van der Waals surface area contributed by atoms with Crippen molar-refractivity contribution in [1.29, 1.82) is 0 Å². The number of benzene rings is 2. The fraction of sp³-hybridized carbons (Fsp3) is 0.222. The number of thiophene rings is 1. The maximum atomic E-state index is 13.4. The van der Waals surface area contributed by atoms with Crippen LogP contribution >= 0.6 is 22.9 Å². The largest absolute Gasteiger partial charge is 0.465 e. The van der Waals surface area contributed by atoms with E-state index in [0.29, 0.717) is 32.6 Å². The molecule has 1 N–H and O–H groups in total. The number of nitrogens with zero attached hydrogens (tertiary/aromatic N) is 1. The van der Waals surface area contributed by atoms with Crippen molar-refractivity contribution in [1.82, 2.24) is 5.16 Å². The van der Waals surface area contributed by atoms with E-state index < -0.39 is 11.9 Å². The number of aromatic nitrogens is 1. The summed E-state index contributed by atoms with van der Waals surface area (Å²) >= 11 is 7.62. The first-order valence-electron chi connectivity index (χ1n) is 11.3. The van der Waals surface area contributed by atoms with Gasteiger partial charge in [-0.3, -0.25) is 4.79 Å². The molecule has 0 atom stereocenters. The molecule has 0 bridgehead atoms. The first-order valence-corrected chi connectivity index (χ1v) is 12.6. The molecule has 1 aliphatic rings. The summed E-state index contributed by atoms with van der Waals surface area (Å²) < 4.78 is 10.4. The predicted octanol–water partition coefficient (Wildman–Crippen LogP) is 6.95. The van der Waals surface area contributed by atoms with Crippen LogP contribution in [-0.4, -0.2) is 24.1 Å². The molecule has 8 heteroatoms. The molecular formula is C27H23ClN2O4S. The van der Waals surface area contributed by atoms with Crippen LogP contribution in [-0.2, 0) is 17.6 Å². The number of carbonyl (C=O) groups excluding carboxylic acids is 2. The normalized spacial score (nSPS) is 12.8. The van der Waals surface area contributed by atoms with Crippen molar-refractivity contribution in [3.05, 3.63) is 80.9 Å². The molecule has 0 unspecified atom stereocenters. The second-order valence-electron chi connectivity index (χ2n) is 8.43. The summed E-state index contributed by atoms with van der Waals surface area (Å²) in [7, 11) is 1.34. The van der Waals surface area contributed by atoms with Gasteiger partial charge in [0, 0.05) is 16.5 Å². The zero-order chi connectivity index (χ0) is 24.5. The van der Waals surface area contributed by atoms with E-state index in [9.17, 15) is 9.59 Å². The summed E-state index contributed by atoms with van der Waals surface area (Å²) in [5.41, 5.74) is 5.86. The first kappa shape index (κ1) is 23.3. The standard InChI is InChI=1S/C27H23ClN2O4S/c1-15-22(24(30-34-15)19-9-5-6-10-21(19)28)25(31)29-26-23(27(32)33-2)20(14-35-26)18-12-11-16-7-3-4-8-17(16)13-18/h5-6,9-14H,3-4,7-8H2,1-2H3,(H,29,31). The average molecular weight is 507 g/mol. The molecule has 5 rings (SSSR count). The topological polar surface area (TPSA) is 81.4 Å². The van der Waals surface area contributed by atoms with Crippen molar-refractivity contribution >= 4 is 39.8 Å². The van der Waals surface area contributed by atoms with Crippen LogP contribution in [0.3, 0.4) is 0 Å². The molecule has 2 aromatic heterocycles. The summed E-state index contributed by atoms with van der Waals surface area (Å²) in [6.45, 7) is 1.66. The predicted molar refractivity (Wildman–Crippen MR) is 137 cm³/mol. The van der Waals surface area contributed by atoms with Gasteiger partial charge >= 0.3 is 5.97 Å². The van der Waals surface area contributed by atoms with Gasteiger partial charge in [0.1, 0.15) is 27.6 Å². The van der Waals surface area contributed by atoms with Gasteiger partial charge in [-0.2, -0.15) is 0 Å². The summed E-state index contributed by atoms with van der Waals surface area (Å²) in [6, 6.07) is 13.4. The van der Waals surface area contributed by atoms with Crippen LogP contribution in [0.2, 0.25) is 5.02 Å². The molecule has 0 aliphatic heterocycles. The summed E-state index contributed by atoms with van der Waals surface area (Å²) in [6.07, 6.45) is 4.47. The number of amides is 1. The molecule has 0 saturated carbocycles. The lowest BCUT2D eigenvalue weighted by atomic mass is 9.89. The van der Waals surface area contributed by atoms with E-state index in [-0.39, 0.29) is 5.56 Å². The van der Waals surface area contributed by atoms with Gasteiger partial charge < -0.3 is 14.6 Å². The molecule has 35 heavy (non-hydrogen) atoms. The summed E-state index contributed by atoms with van der Waals surface area (Å²) in [5.74, 6) is -0.603. The molecule has 1 amide bonds. The third-order valence-corrected chi connectivity index (χ3v) is 7.51. The van der Waals surface area contributed by atoms with E-state index in [1.54, 1.807) is 25.1 Å². The minimum Gasteiger partial charge on any atom is -0.465 e. The molecule has 2 aromatic carbocycles. The number of fused-ring (bicyclic) bond motifs is 1. The molecule has 1 aliphatic carbocycles.